The van der Waals surface area contributed by atoms with Gasteiger partial charge in [-0.1, -0.05) is 48.1 Å². The minimum Gasteiger partial charge on any atom is -0.480 e. The highest BCUT2D eigenvalue weighted by molar-refractivity contribution is 7.18. The van der Waals surface area contributed by atoms with Crippen molar-refractivity contribution in [3.8, 4) is 0 Å². The smallest absolute Gasteiger partial charge is 0.322 e. The predicted octanol–water partition coefficient (Wildman–Crippen LogP) is 4.04. The van der Waals surface area contributed by atoms with E-state index in [-0.39, 0.29) is 12.5 Å². The molecule has 3 N–H and O–H groups in total. The number of carbonyl (C=O) groups excluding carboxylic acids is 1. The van der Waals surface area contributed by atoms with Crippen LogP contribution < -0.4 is 15.5 Å². The van der Waals surface area contributed by atoms with Gasteiger partial charge in [-0.2, -0.15) is 0 Å². The number of benzene rings is 2. The highest BCUT2D eigenvalue weighted by Gasteiger charge is 2.48. The lowest BCUT2D eigenvalue weighted by Gasteiger charge is -2.55. The lowest BCUT2D eigenvalue weighted by atomic mass is 9.64. The summed E-state index contributed by atoms with van der Waals surface area (Å²) in [5.41, 5.74) is 1.13. The molecular formula is C22H22N4O3S. The van der Waals surface area contributed by atoms with Gasteiger partial charge in [0.1, 0.15) is 11.4 Å². The molecule has 8 heteroatoms. The van der Waals surface area contributed by atoms with E-state index in [1.165, 1.54) is 30.6 Å². The summed E-state index contributed by atoms with van der Waals surface area (Å²) in [7, 11) is 0. The van der Waals surface area contributed by atoms with E-state index in [0.717, 1.165) is 29.0 Å². The Morgan fingerprint density at radius 1 is 1.13 bits per heavy atom. The average Bonchev–Trinajstić information content (AvgIpc) is 3.08. The Balaban J connectivity index is 1.37. The van der Waals surface area contributed by atoms with Gasteiger partial charge < -0.3 is 20.6 Å². The molecule has 2 aromatic carbocycles. The molecule has 7 nitrogen and oxygen atoms in total. The summed E-state index contributed by atoms with van der Waals surface area (Å²) in [6.45, 7) is 1.64. The maximum absolute atomic E-state index is 13.0. The minimum atomic E-state index is -0.997. The number of amides is 1. The maximum atomic E-state index is 13.0. The molecule has 1 aliphatic carbocycles. The molecule has 30 heavy (non-hydrogen) atoms. The number of carboxylic acid groups (broad SMARTS) is 1. The van der Waals surface area contributed by atoms with Crippen LogP contribution in [0.5, 0.6) is 0 Å². The molecule has 0 radical (unpaired) electrons. The summed E-state index contributed by atoms with van der Waals surface area (Å²) in [4.78, 5) is 31.1. The number of aromatic nitrogens is 1. The van der Waals surface area contributed by atoms with Gasteiger partial charge >= 0.3 is 5.97 Å². The quantitative estimate of drug-likeness (QED) is 0.555. The largest absolute Gasteiger partial charge is 0.480 e. The number of hydrogen-bond donors (Lipinski definition) is 3. The third-order valence-corrected chi connectivity index (χ3v) is 7.09. The van der Waals surface area contributed by atoms with Crippen LogP contribution in [0.1, 0.15) is 28.9 Å². The van der Waals surface area contributed by atoms with Crippen molar-refractivity contribution in [3.63, 3.8) is 0 Å². The third kappa shape index (κ3) is 3.47. The number of rotatable bonds is 6. The number of aliphatic carboxylic acids is 1. The molecule has 0 unspecified atom stereocenters. The second kappa shape index (κ2) is 7.28. The summed E-state index contributed by atoms with van der Waals surface area (Å²) >= 11 is 1.31. The molecule has 154 valence electrons. The first-order chi connectivity index (χ1) is 14.5. The molecular weight excluding hydrogens is 400 g/mol. The zero-order valence-electron chi connectivity index (χ0n) is 16.4. The van der Waals surface area contributed by atoms with Crippen LogP contribution in [0.3, 0.4) is 0 Å². The molecule has 0 atom stereocenters. The number of hydrogen-bond acceptors (Lipinski definition) is 6. The molecule has 1 saturated heterocycles. The SMILES string of the molecule is O=C(O)CNc1nc(N2CC3(CCC3)C2)sc1C(=O)Nc1ccc2ccccc2c1. The Labute approximate surface area is 177 Å². The zero-order chi connectivity index (χ0) is 20.7. The van der Waals surface area contributed by atoms with E-state index in [4.69, 9.17) is 5.11 Å². The van der Waals surface area contributed by atoms with Crippen LogP contribution in [0.15, 0.2) is 42.5 Å². The van der Waals surface area contributed by atoms with Crippen LogP contribution in [-0.2, 0) is 4.79 Å². The first kappa shape index (κ1) is 18.9. The summed E-state index contributed by atoms with van der Waals surface area (Å²) < 4.78 is 0. The molecule has 1 spiro atoms. The van der Waals surface area contributed by atoms with Crippen LogP contribution >= 0.6 is 11.3 Å². The summed E-state index contributed by atoms with van der Waals surface area (Å²) in [5, 5.41) is 17.7. The fraction of sp³-hybridized carbons (Fsp3) is 0.318. The normalized spacial score (nSPS) is 16.7. The minimum absolute atomic E-state index is 0.288. The molecule has 2 heterocycles. The number of carbonyl (C=O) groups is 2. The second-order valence-corrected chi connectivity index (χ2v) is 9.12. The first-order valence-corrected chi connectivity index (χ1v) is 10.8. The van der Waals surface area contributed by atoms with Crippen LogP contribution in [-0.4, -0.2) is 41.6 Å². The molecule has 1 aromatic heterocycles. The van der Waals surface area contributed by atoms with Crippen molar-refractivity contribution in [1.29, 1.82) is 0 Å². The lowest BCUT2D eigenvalue weighted by molar-refractivity contribution is -0.134. The van der Waals surface area contributed by atoms with E-state index in [1.807, 2.05) is 42.5 Å². The number of thiazole rings is 1. The fourth-order valence-electron chi connectivity index (χ4n) is 4.22. The van der Waals surface area contributed by atoms with Crippen molar-refractivity contribution < 1.29 is 14.7 Å². The molecule has 1 amide bonds. The standard InChI is InChI=1S/C22H22N4O3S/c27-17(28)11-23-19-18(30-21(25-19)26-12-22(13-26)8-3-9-22)20(29)24-16-7-6-14-4-1-2-5-15(14)10-16/h1-2,4-7,10,23H,3,8-9,11-13H2,(H,24,29)(H,27,28). The van der Waals surface area contributed by atoms with Gasteiger partial charge in [-0.3, -0.25) is 9.59 Å². The number of nitrogens with one attached hydrogen (secondary N) is 2. The Morgan fingerprint density at radius 3 is 2.60 bits per heavy atom. The van der Waals surface area contributed by atoms with Crippen molar-refractivity contribution >= 4 is 50.6 Å². The van der Waals surface area contributed by atoms with Crippen LogP contribution in [0.2, 0.25) is 0 Å². The number of anilines is 3. The highest BCUT2D eigenvalue weighted by Crippen LogP contribution is 2.50. The lowest BCUT2D eigenvalue weighted by Crippen LogP contribution is -2.59. The first-order valence-electron chi connectivity index (χ1n) is 10.0. The van der Waals surface area contributed by atoms with Crippen molar-refractivity contribution in [2.75, 3.05) is 35.2 Å². The fourth-order valence-corrected chi connectivity index (χ4v) is 5.16. The van der Waals surface area contributed by atoms with Gasteiger partial charge in [0.05, 0.1) is 0 Å². The summed E-state index contributed by atoms with van der Waals surface area (Å²) in [6, 6.07) is 13.7. The third-order valence-electron chi connectivity index (χ3n) is 5.97. The van der Waals surface area contributed by atoms with Gasteiger partial charge in [-0.25, -0.2) is 4.98 Å². The van der Waals surface area contributed by atoms with E-state index >= 15 is 0 Å². The Bertz CT molecular complexity index is 1130. The van der Waals surface area contributed by atoms with Crippen molar-refractivity contribution in [2.45, 2.75) is 19.3 Å². The van der Waals surface area contributed by atoms with Crippen molar-refractivity contribution in [1.82, 2.24) is 4.98 Å². The Kier molecular flexibility index (Phi) is 4.58. The van der Waals surface area contributed by atoms with Crippen molar-refractivity contribution in [3.05, 3.63) is 47.3 Å². The van der Waals surface area contributed by atoms with Crippen LogP contribution in [0, 0.1) is 5.41 Å². The van der Waals surface area contributed by atoms with Gasteiger partial charge in [0, 0.05) is 24.2 Å². The Hall–Kier alpha value is -3.13. The van der Waals surface area contributed by atoms with E-state index in [2.05, 4.69) is 20.5 Å². The Morgan fingerprint density at radius 2 is 1.90 bits per heavy atom. The van der Waals surface area contributed by atoms with E-state index in [0.29, 0.717) is 21.8 Å². The van der Waals surface area contributed by atoms with Gasteiger partial charge in [-0.15, -0.1) is 0 Å². The maximum Gasteiger partial charge on any atom is 0.322 e. The molecule has 2 aliphatic rings. The summed E-state index contributed by atoms with van der Waals surface area (Å²) in [6.07, 6.45) is 3.80. The van der Waals surface area contributed by atoms with Crippen LogP contribution in [0.4, 0.5) is 16.6 Å². The van der Waals surface area contributed by atoms with Crippen LogP contribution in [0.25, 0.3) is 10.8 Å². The molecule has 2 fully saturated rings. The zero-order valence-corrected chi connectivity index (χ0v) is 17.2. The van der Waals surface area contributed by atoms with Gasteiger partial charge in [-0.05, 0) is 35.7 Å². The van der Waals surface area contributed by atoms with Gasteiger partial charge in [0.25, 0.3) is 5.91 Å². The van der Waals surface area contributed by atoms with Gasteiger partial charge in [0.2, 0.25) is 0 Å². The van der Waals surface area contributed by atoms with Crippen molar-refractivity contribution in [2.24, 2.45) is 5.41 Å². The molecule has 1 saturated carbocycles. The molecule has 3 aromatic rings. The second-order valence-electron chi connectivity index (χ2n) is 8.15. The number of carboxylic acids is 1. The monoisotopic (exact) mass is 422 g/mol. The highest BCUT2D eigenvalue weighted by atomic mass is 32.1. The summed E-state index contributed by atoms with van der Waals surface area (Å²) in [5.74, 6) is -0.964. The molecule has 5 rings (SSSR count). The number of fused-ring (bicyclic) bond motifs is 1. The molecule has 1 aliphatic heterocycles. The number of nitrogens with zero attached hydrogens (tertiary/aromatic N) is 2. The van der Waals surface area contributed by atoms with E-state index in [9.17, 15) is 9.59 Å². The average molecular weight is 423 g/mol. The van der Waals surface area contributed by atoms with Gasteiger partial charge in [0.15, 0.2) is 10.9 Å². The predicted molar refractivity (Wildman–Crippen MR) is 119 cm³/mol. The molecule has 0 bridgehead atoms. The van der Waals surface area contributed by atoms with E-state index < -0.39 is 5.97 Å². The van der Waals surface area contributed by atoms with E-state index in [1.54, 1.807) is 0 Å². The topological polar surface area (TPSA) is 94.6 Å².